The first kappa shape index (κ1) is 10.4. The van der Waals surface area contributed by atoms with E-state index in [1.165, 1.54) is 20.4 Å². The van der Waals surface area contributed by atoms with E-state index in [0.717, 1.165) is 0 Å². The molecule has 0 aliphatic carbocycles. The number of hydrogen-bond donors (Lipinski definition) is 0. The van der Waals surface area contributed by atoms with Crippen LogP contribution in [0.4, 0.5) is 0 Å². The molecule has 0 saturated heterocycles. The van der Waals surface area contributed by atoms with E-state index in [1.807, 2.05) is 0 Å². The molecule has 0 aromatic rings. The molecule has 0 fully saturated rings. The van der Waals surface area contributed by atoms with Gasteiger partial charge in [-0.3, -0.25) is 9.59 Å². The van der Waals surface area contributed by atoms with Crippen molar-refractivity contribution in [1.29, 1.82) is 0 Å². The van der Waals surface area contributed by atoms with Crippen molar-refractivity contribution in [1.82, 2.24) is 0 Å². The van der Waals surface area contributed by atoms with E-state index in [9.17, 15) is 9.59 Å². The van der Waals surface area contributed by atoms with Crippen LogP contribution in [-0.2, 0) is 18.4 Å². The van der Waals surface area contributed by atoms with Gasteiger partial charge in [0.15, 0.2) is 0 Å². The van der Waals surface area contributed by atoms with Gasteiger partial charge in [-0.15, -0.1) is 0 Å². The highest BCUT2D eigenvalue weighted by molar-refractivity contribution is 7.13. The summed E-state index contributed by atoms with van der Waals surface area (Å²) in [6, 6.07) is 0. The van der Waals surface area contributed by atoms with Crippen LogP contribution in [0.5, 0.6) is 0 Å². The molecule has 11 heavy (non-hydrogen) atoms. The normalized spacial score (nSPS) is 10.5. The molecule has 0 heterocycles. The van der Waals surface area contributed by atoms with Crippen LogP contribution in [-0.4, -0.2) is 19.8 Å². The van der Waals surface area contributed by atoms with E-state index in [4.69, 9.17) is 11.1 Å². The molecule has 0 atom stereocenters. The summed E-state index contributed by atoms with van der Waals surface area (Å²) in [5.41, 5.74) is 0. The van der Waals surface area contributed by atoms with Gasteiger partial charge in [-0.2, -0.15) is 0 Å². The molecule has 64 valence electrons. The lowest BCUT2D eigenvalue weighted by atomic mass is 10.9. The molecule has 4 nitrogen and oxygen atoms in total. The second-order valence-electron chi connectivity index (χ2n) is 2.02. The molecule has 0 aliphatic heterocycles. The van der Waals surface area contributed by atoms with Crippen LogP contribution >= 0.6 is 11.1 Å². The molecular formula is C5H9ClO4Si. The molecule has 0 amide bonds. The Morgan fingerprint density at radius 3 is 1.64 bits per heavy atom. The van der Waals surface area contributed by atoms with Crippen LogP contribution in [0.15, 0.2) is 0 Å². The number of rotatable bonds is 2. The van der Waals surface area contributed by atoms with Gasteiger partial charge < -0.3 is 8.85 Å². The molecule has 0 aromatic carbocycles. The molecule has 0 aliphatic rings. The van der Waals surface area contributed by atoms with Crippen molar-refractivity contribution in [2.75, 3.05) is 0 Å². The second-order valence-corrected chi connectivity index (χ2v) is 6.16. The number of carbonyl (C=O) groups excluding carboxylic acids is 2. The first-order chi connectivity index (χ1) is 4.83. The van der Waals surface area contributed by atoms with Gasteiger partial charge in [0, 0.05) is 20.4 Å². The maximum absolute atomic E-state index is 10.4. The molecule has 0 N–H and O–H groups in total. The van der Waals surface area contributed by atoms with Crippen LogP contribution in [0.3, 0.4) is 0 Å². The minimum Gasteiger partial charge on any atom is -0.474 e. The van der Waals surface area contributed by atoms with Crippen molar-refractivity contribution in [2.45, 2.75) is 20.4 Å². The Hall–Kier alpha value is -0.553. The Morgan fingerprint density at radius 2 is 1.45 bits per heavy atom. The molecule has 0 unspecified atom stereocenters. The fourth-order valence-corrected chi connectivity index (χ4v) is 2.25. The van der Waals surface area contributed by atoms with Crippen LogP contribution in [0, 0.1) is 0 Å². The standard InChI is InChI=1S/C5H9ClO4Si/c1-4(7)9-11(3,6)10-5(2)8/h1-3H3. The molecule has 0 radical (unpaired) electrons. The maximum atomic E-state index is 10.4. The van der Waals surface area contributed by atoms with Crippen LogP contribution < -0.4 is 0 Å². The summed E-state index contributed by atoms with van der Waals surface area (Å²) in [6.07, 6.45) is 0. The zero-order valence-electron chi connectivity index (χ0n) is 6.51. The Kier molecular flexibility index (Phi) is 3.54. The average Bonchev–Trinajstić information content (AvgIpc) is 1.53. The van der Waals surface area contributed by atoms with E-state index in [2.05, 4.69) is 8.85 Å². The molecule has 6 heteroatoms. The highest BCUT2D eigenvalue weighted by Crippen LogP contribution is 2.12. The Bertz CT molecular complexity index is 161. The Balaban J connectivity index is 3.99. The monoisotopic (exact) mass is 196 g/mol. The van der Waals surface area contributed by atoms with E-state index < -0.39 is 19.8 Å². The predicted molar refractivity (Wildman–Crippen MR) is 41.0 cm³/mol. The highest BCUT2D eigenvalue weighted by Gasteiger charge is 2.35. The first-order valence-corrected chi connectivity index (χ1v) is 6.24. The van der Waals surface area contributed by atoms with E-state index >= 15 is 0 Å². The van der Waals surface area contributed by atoms with Gasteiger partial charge in [-0.1, -0.05) is 11.1 Å². The van der Waals surface area contributed by atoms with Crippen molar-refractivity contribution in [3.05, 3.63) is 0 Å². The van der Waals surface area contributed by atoms with Crippen LogP contribution in [0.1, 0.15) is 13.8 Å². The van der Waals surface area contributed by atoms with Crippen molar-refractivity contribution in [2.24, 2.45) is 0 Å². The summed E-state index contributed by atoms with van der Waals surface area (Å²) in [4.78, 5) is 20.8. The fourth-order valence-electron chi connectivity index (χ4n) is 0.534. The first-order valence-electron chi connectivity index (χ1n) is 2.91. The van der Waals surface area contributed by atoms with Crippen molar-refractivity contribution in [3.8, 4) is 0 Å². The minimum atomic E-state index is -3.06. The van der Waals surface area contributed by atoms with Gasteiger partial charge in [0.2, 0.25) is 0 Å². The lowest BCUT2D eigenvalue weighted by Gasteiger charge is -2.16. The average molecular weight is 197 g/mol. The summed E-state index contributed by atoms with van der Waals surface area (Å²) >= 11 is 5.58. The predicted octanol–water partition coefficient (Wildman–Crippen LogP) is 0.920. The highest BCUT2D eigenvalue weighted by atomic mass is 35.6. The maximum Gasteiger partial charge on any atom is 0.569 e. The molecule has 0 saturated carbocycles. The lowest BCUT2D eigenvalue weighted by molar-refractivity contribution is -0.137. The summed E-state index contributed by atoms with van der Waals surface area (Å²) in [5.74, 6) is -1.09. The van der Waals surface area contributed by atoms with Gasteiger partial charge in [0.05, 0.1) is 0 Å². The smallest absolute Gasteiger partial charge is 0.474 e. The summed E-state index contributed by atoms with van der Waals surface area (Å²) in [7, 11) is -3.06. The molecular weight excluding hydrogens is 188 g/mol. The molecule has 0 aromatic heterocycles. The van der Waals surface area contributed by atoms with Gasteiger partial charge in [0.25, 0.3) is 11.9 Å². The molecule has 0 spiro atoms. The quantitative estimate of drug-likeness (QED) is 0.487. The molecule has 0 bridgehead atoms. The molecule has 0 rings (SSSR count). The van der Waals surface area contributed by atoms with Crippen LogP contribution in [0.25, 0.3) is 0 Å². The minimum absolute atomic E-state index is 0.546. The third-order valence-electron chi connectivity index (χ3n) is 0.652. The van der Waals surface area contributed by atoms with Gasteiger partial charge in [0.1, 0.15) is 0 Å². The number of hydrogen-bond acceptors (Lipinski definition) is 4. The van der Waals surface area contributed by atoms with E-state index in [-0.39, 0.29) is 0 Å². The third kappa shape index (κ3) is 5.87. The summed E-state index contributed by atoms with van der Waals surface area (Å²) in [5, 5.41) is 0. The van der Waals surface area contributed by atoms with Gasteiger partial charge >= 0.3 is 7.87 Å². The second kappa shape index (κ2) is 3.73. The fraction of sp³-hybridized carbons (Fsp3) is 0.600. The lowest BCUT2D eigenvalue weighted by Crippen LogP contribution is -2.35. The van der Waals surface area contributed by atoms with E-state index in [0.29, 0.717) is 0 Å². The third-order valence-corrected chi connectivity index (χ3v) is 2.42. The number of carbonyl (C=O) groups is 2. The number of halogens is 1. The van der Waals surface area contributed by atoms with Crippen molar-refractivity contribution >= 4 is 30.9 Å². The zero-order chi connectivity index (χ0) is 9.07. The van der Waals surface area contributed by atoms with Crippen LogP contribution in [0.2, 0.25) is 6.55 Å². The van der Waals surface area contributed by atoms with Crippen molar-refractivity contribution in [3.63, 3.8) is 0 Å². The largest absolute Gasteiger partial charge is 0.569 e. The van der Waals surface area contributed by atoms with E-state index in [1.54, 1.807) is 0 Å². The Morgan fingerprint density at radius 1 is 1.18 bits per heavy atom. The van der Waals surface area contributed by atoms with Gasteiger partial charge in [-0.25, -0.2) is 0 Å². The summed E-state index contributed by atoms with van der Waals surface area (Å²) < 4.78 is 9.14. The summed E-state index contributed by atoms with van der Waals surface area (Å²) in [6.45, 7) is 3.81. The SMILES string of the molecule is CC(=O)O[Si](C)(Cl)OC(C)=O. The Labute approximate surface area is 70.4 Å². The van der Waals surface area contributed by atoms with Crippen molar-refractivity contribution < 1.29 is 18.4 Å². The zero-order valence-corrected chi connectivity index (χ0v) is 8.27. The van der Waals surface area contributed by atoms with Gasteiger partial charge in [-0.05, 0) is 0 Å². The topological polar surface area (TPSA) is 52.6 Å².